The molecule has 3 rings (SSSR count). The van der Waals surface area contributed by atoms with Crippen LogP contribution in [0.5, 0.6) is 5.75 Å². The molecule has 63 heavy (non-hydrogen) atoms. The summed E-state index contributed by atoms with van der Waals surface area (Å²) in [6, 6.07) is 2.79. The smallest absolute Gasteiger partial charge is 0.481 e. The summed E-state index contributed by atoms with van der Waals surface area (Å²) in [7, 11) is -1.33. The minimum atomic E-state index is -5.00. The molecule has 0 aliphatic carbocycles. The lowest BCUT2D eigenvalue weighted by atomic mass is 9.83. The van der Waals surface area contributed by atoms with Gasteiger partial charge in [0.15, 0.2) is 17.6 Å². The van der Waals surface area contributed by atoms with Gasteiger partial charge in [0.2, 0.25) is 11.8 Å². The molecule has 17 nitrogen and oxygen atoms in total. The van der Waals surface area contributed by atoms with Gasteiger partial charge in [-0.25, -0.2) is 9.55 Å². The maximum absolute atomic E-state index is 14.3. The topological polar surface area (TPSA) is 242 Å². The van der Waals surface area contributed by atoms with Gasteiger partial charge < -0.3 is 29.9 Å². The molecule has 2 heterocycles. The number of piperidine rings is 1. The number of aliphatic carboxylic acids is 1. The molecule has 0 bridgehead atoms. The van der Waals surface area contributed by atoms with E-state index in [-0.39, 0.29) is 78.8 Å². The van der Waals surface area contributed by atoms with Crippen LogP contribution in [0.1, 0.15) is 140 Å². The Morgan fingerprint density at radius 1 is 1.06 bits per heavy atom. The predicted molar refractivity (Wildman–Crippen MR) is 239 cm³/mol. The molecule has 1 saturated heterocycles. The van der Waals surface area contributed by atoms with Crippen LogP contribution in [0.15, 0.2) is 23.6 Å². The number of carbonyl (C=O) groups is 6. The summed E-state index contributed by atoms with van der Waals surface area (Å²) >= 11 is 1.10. The number of phosphoric ester groups is 1. The van der Waals surface area contributed by atoms with Gasteiger partial charge in [-0.05, 0) is 75.2 Å². The number of phosphoric acid groups is 1. The van der Waals surface area contributed by atoms with E-state index in [0.717, 1.165) is 43.6 Å². The van der Waals surface area contributed by atoms with E-state index in [1.165, 1.54) is 37.4 Å². The van der Waals surface area contributed by atoms with Crippen molar-refractivity contribution in [2.75, 3.05) is 26.0 Å². The molecule has 0 spiro atoms. The summed E-state index contributed by atoms with van der Waals surface area (Å²) in [6.07, 6.45) is 4.39. The SMILES string of the molecule is CCCCC(=O)Nc1cc(C[C@@H](CC(C)C(=O)O)NC(=O)c2csc([C@@H](C[C@H](C(C)C)N(C)C(=O)C(CC(=O)[C@H]3CCCCN3C)[C@@H](C)CC)OC(C)=O)n2)ccc1OP(=O)(O)O. The van der Waals surface area contributed by atoms with E-state index < -0.39 is 61.6 Å². The number of amides is 3. The van der Waals surface area contributed by atoms with Crippen molar-refractivity contribution >= 4 is 60.3 Å². The van der Waals surface area contributed by atoms with Crippen LogP contribution in [0, 0.1) is 23.7 Å². The van der Waals surface area contributed by atoms with Crippen molar-refractivity contribution in [3.8, 4) is 5.75 Å². The highest BCUT2D eigenvalue weighted by molar-refractivity contribution is 7.46. The number of carbonyl (C=O) groups excluding carboxylic acids is 5. The van der Waals surface area contributed by atoms with Crippen molar-refractivity contribution in [1.82, 2.24) is 20.1 Å². The number of nitrogens with one attached hydrogen (secondary N) is 2. The van der Waals surface area contributed by atoms with Gasteiger partial charge in [0.1, 0.15) is 10.7 Å². The highest BCUT2D eigenvalue weighted by atomic mass is 32.1. The largest absolute Gasteiger partial charge is 0.524 e. The number of carboxylic acids is 1. The Kier molecular flexibility index (Phi) is 20.9. The Bertz CT molecular complexity index is 1940. The number of Topliss-reactive ketones (excluding diaryl/α,β-unsaturated/α-hetero) is 1. The lowest BCUT2D eigenvalue weighted by Gasteiger charge is -2.37. The average molecular weight is 922 g/mol. The van der Waals surface area contributed by atoms with Crippen LogP contribution in [0.4, 0.5) is 5.69 Å². The third kappa shape index (κ3) is 16.7. The zero-order valence-corrected chi connectivity index (χ0v) is 39.8. The molecule has 352 valence electrons. The van der Waals surface area contributed by atoms with Gasteiger partial charge >= 0.3 is 19.8 Å². The molecule has 2 unspecified atom stereocenters. The molecule has 1 fully saturated rings. The summed E-state index contributed by atoms with van der Waals surface area (Å²) < 4.78 is 22.3. The Hall–Kier alpha value is -4.22. The molecule has 0 saturated carbocycles. The number of likely N-dealkylation sites (N-methyl/N-ethyl adjacent to an activating group) is 1. The van der Waals surface area contributed by atoms with Crippen molar-refractivity contribution < 1.29 is 57.5 Å². The number of benzene rings is 1. The number of likely N-dealkylation sites (tertiary alicyclic amines) is 1. The summed E-state index contributed by atoms with van der Waals surface area (Å²) in [5.74, 6) is -4.65. The third-order valence-corrected chi connectivity index (χ3v) is 13.2. The molecular formula is C44H68N5O12PS. The number of ketones is 1. The van der Waals surface area contributed by atoms with E-state index in [4.69, 9.17) is 9.26 Å². The van der Waals surface area contributed by atoms with Crippen LogP contribution < -0.4 is 15.2 Å². The Morgan fingerprint density at radius 2 is 1.76 bits per heavy atom. The van der Waals surface area contributed by atoms with E-state index >= 15 is 0 Å². The van der Waals surface area contributed by atoms with E-state index in [1.807, 2.05) is 41.7 Å². The Labute approximate surface area is 375 Å². The van der Waals surface area contributed by atoms with Crippen LogP contribution in [0.25, 0.3) is 0 Å². The maximum atomic E-state index is 14.3. The maximum Gasteiger partial charge on any atom is 0.524 e. The third-order valence-electron chi connectivity index (χ3n) is 11.8. The average Bonchev–Trinajstić information content (AvgIpc) is 3.71. The number of hydrogen-bond donors (Lipinski definition) is 5. The van der Waals surface area contributed by atoms with E-state index in [2.05, 4.69) is 20.5 Å². The molecular weight excluding hydrogens is 854 g/mol. The first-order valence-corrected chi connectivity index (χ1v) is 24.3. The molecule has 5 N–H and O–H groups in total. The van der Waals surface area contributed by atoms with E-state index in [9.17, 15) is 48.2 Å². The van der Waals surface area contributed by atoms with Gasteiger partial charge in [-0.1, -0.05) is 66.9 Å². The number of hydrogen-bond acceptors (Lipinski definition) is 12. The number of rotatable bonds is 25. The summed E-state index contributed by atoms with van der Waals surface area (Å²) in [5, 5.41) is 17.1. The van der Waals surface area contributed by atoms with Crippen LogP contribution in [-0.4, -0.2) is 104 Å². The molecule has 1 aliphatic heterocycles. The zero-order valence-electron chi connectivity index (χ0n) is 38.1. The molecule has 3 amide bonds. The first-order valence-electron chi connectivity index (χ1n) is 21.9. The fourth-order valence-corrected chi connectivity index (χ4v) is 9.19. The number of nitrogens with zero attached hydrogens (tertiary/aromatic N) is 3. The van der Waals surface area contributed by atoms with Crippen molar-refractivity contribution in [2.24, 2.45) is 23.7 Å². The lowest BCUT2D eigenvalue weighted by molar-refractivity contribution is -0.149. The number of esters is 1. The summed E-state index contributed by atoms with van der Waals surface area (Å²) in [4.78, 5) is 106. The minimum absolute atomic E-state index is 0.00263. The molecule has 19 heteroatoms. The van der Waals surface area contributed by atoms with Crippen LogP contribution in [-0.2, 0) is 39.7 Å². The van der Waals surface area contributed by atoms with Gasteiger partial charge in [-0.15, -0.1) is 11.3 Å². The number of ether oxygens (including phenoxy) is 1. The molecule has 1 aliphatic rings. The monoisotopic (exact) mass is 921 g/mol. The van der Waals surface area contributed by atoms with E-state index in [1.54, 1.807) is 11.9 Å². The number of thiazole rings is 1. The fourth-order valence-electron chi connectivity index (χ4n) is 7.94. The highest BCUT2D eigenvalue weighted by Crippen LogP contribution is 2.41. The van der Waals surface area contributed by atoms with Crippen LogP contribution >= 0.6 is 19.2 Å². The Balaban J connectivity index is 1.88. The Morgan fingerprint density at radius 3 is 2.35 bits per heavy atom. The van der Waals surface area contributed by atoms with E-state index in [0.29, 0.717) is 23.4 Å². The van der Waals surface area contributed by atoms with Crippen LogP contribution in [0.2, 0.25) is 0 Å². The molecule has 1 aromatic heterocycles. The fraction of sp³-hybridized carbons (Fsp3) is 0.659. The summed E-state index contributed by atoms with van der Waals surface area (Å²) in [5.41, 5.74) is 0.482. The molecule has 0 radical (unpaired) electrons. The second-order valence-corrected chi connectivity index (χ2v) is 19.3. The normalized spacial score (nSPS) is 17.4. The number of carboxylic acid groups (broad SMARTS) is 1. The van der Waals surface area contributed by atoms with Gasteiger partial charge in [0.25, 0.3) is 5.91 Å². The van der Waals surface area contributed by atoms with Gasteiger partial charge in [-0.2, -0.15) is 0 Å². The quantitative estimate of drug-likeness (QED) is 0.0510. The number of anilines is 1. The van der Waals surface area contributed by atoms with Gasteiger partial charge in [-0.3, -0.25) is 43.5 Å². The van der Waals surface area contributed by atoms with Crippen molar-refractivity contribution in [3.63, 3.8) is 0 Å². The van der Waals surface area contributed by atoms with Gasteiger partial charge in [0, 0.05) is 56.6 Å². The second-order valence-electron chi connectivity index (χ2n) is 17.2. The molecule has 1 aromatic carbocycles. The number of unbranched alkanes of at least 4 members (excludes halogenated alkanes) is 1. The number of aromatic nitrogens is 1. The zero-order chi connectivity index (χ0) is 47.2. The van der Waals surface area contributed by atoms with Crippen molar-refractivity contribution in [1.29, 1.82) is 0 Å². The standard InChI is InChI=1S/C44H68N5O12PS/c1-10-12-16-40(52)46-33-22-30(17-18-38(33)61-62(57,58)59)21-31(20-28(6)44(55)56)45-41(53)34-25-63-42(47-34)39(60-29(7)50)24-36(26(3)4)49(9)43(54)32(27(5)11-2)23-37(51)35-15-13-14-19-48(35)8/h17-18,22,25-28,31-32,35-36,39H,10-16,19-21,23-24H2,1-9H3,(H,45,53)(H,46,52)(H,55,56)(H2,57,58,59)/t27-,28?,31+,32?,35+,36+,39+/m0/s1. The first kappa shape index (κ1) is 53.1. The van der Waals surface area contributed by atoms with Crippen molar-refractivity contribution in [3.05, 3.63) is 39.8 Å². The minimum Gasteiger partial charge on any atom is -0.481 e. The highest BCUT2D eigenvalue weighted by Gasteiger charge is 2.38. The van der Waals surface area contributed by atoms with Gasteiger partial charge in [0.05, 0.1) is 17.6 Å². The second kappa shape index (κ2) is 24.7. The molecule has 2 aromatic rings. The predicted octanol–water partition coefficient (Wildman–Crippen LogP) is 6.78. The van der Waals surface area contributed by atoms with Crippen molar-refractivity contribution in [2.45, 2.75) is 143 Å². The lowest BCUT2D eigenvalue weighted by Crippen LogP contribution is -2.48. The molecule has 7 atom stereocenters. The van der Waals surface area contributed by atoms with Crippen LogP contribution in [0.3, 0.4) is 0 Å². The summed E-state index contributed by atoms with van der Waals surface area (Å²) in [6.45, 7) is 13.4. The first-order chi connectivity index (χ1) is 29.5.